The number of ether oxygens (including phenoxy) is 2. The van der Waals surface area contributed by atoms with Gasteiger partial charge in [-0.2, -0.15) is 9.97 Å². The molecule has 11 heteroatoms. The van der Waals surface area contributed by atoms with Crippen molar-refractivity contribution in [2.75, 3.05) is 45.3 Å². The molecule has 55 heavy (non-hydrogen) atoms. The summed E-state index contributed by atoms with van der Waals surface area (Å²) in [6.45, 7) is 12.4. The molecule has 2 atom stereocenters. The number of likely N-dealkylation sites (tertiary alicyclic amines) is 1. The minimum atomic E-state index is -0.995. The van der Waals surface area contributed by atoms with Gasteiger partial charge in [0.1, 0.15) is 30.2 Å². The summed E-state index contributed by atoms with van der Waals surface area (Å²) in [5.41, 5.74) is 1.73. The minimum absolute atomic E-state index is 0.0437. The first-order chi connectivity index (χ1) is 26.3. The molecular weight excluding hydrogens is 701 g/mol. The molecule has 1 saturated carbocycles. The zero-order valence-corrected chi connectivity index (χ0v) is 32.5. The fourth-order valence-corrected chi connectivity index (χ4v) is 9.58. The predicted octanol–water partition coefficient (Wildman–Crippen LogP) is 7.70. The van der Waals surface area contributed by atoms with Gasteiger partial charge in [-0.15, -0.1) is 6.42 Å². The summed E-state index contributed by atoms with van der Waals surface area (Å²) in [7, 11) is 1.83. The summed E-state index contributed by atoms with van der Waals surface area (Å²) in [6.07, 6.45) is 14.9. The van der Waals surface area contributed by atoms with Crippen LogP contribution >= 0.6 is 0 Å². The molecule has 2 N–H and O–H groups in total. The van der Waals surface area contributed by atoms with Crippen molar-refractivity contribution in [1.82, 2.24) is 19.8 Å². The topological polar surface area (TPSA) is 100 Å². The highest BCUT2D eigenvalue weighted by Crippen LogP contribution is 2.47. The Labute approximate surface area is 323 Å². The van der Waals surface area contributed by atoms with Gasteiger partial charge in [0.2, 0.25) is 5.91 Å². The number of hydrogen-bond acceptors (Lipinski definition) is 8. The van der Waals surface area contributed by atoms with Crippen LogP contribution in [0, 0.1) is 23.6 Å². The Bertz CT molecular complexity index is 2040. The number of carbonyl (C=O) groups is 1. The second-order valence-corrected chi connectivity index (χ2v) is 16.8. The molecule has 3 aromatic rings. The van der Waals surface area contributed by atoms with Gasteiger partial charge in [-0.25, -0.2) is 8.78 Å². The number of terminal acetylenes is 1. The van der Waals surface area contributed by atoms with E-state index in [0.29, 0.717) is 73.4 Å². The van der Waals surface area contributed by atoms with Gasteiger partial charge in [0.15, 0.2) is 0 Å². The number of amides is 1. The highest BCUT2D eigenvalue weighted by Gasteiger charge is 2.56. The van der Waals surface area contributed by atoms with Crippen LogP contribution in [0.4, 0.5) is 14.6 Å². The number of halogens is 2. The maximum atomic E-state index is 15.6. The number of hydrogen-bond donors (Lipinski definition) is 2. The summed E-state index contributed by atoms with van der Waals surface area (Å²) in [6, 6.07) is 6.48. The van der Waals surface area contributed by atoms with E-state index in [1.54, 1.807) is 23.1 Å². The van der Waals surface area contributed by atoms with Crippen molar-refractivity contribution in [1.29, 1.82) is 0 Å². The third-order valence-electron chi connectivity index (χ3n) is 12.8. The molecule has 1 amide bonds. The summed E-state index contributed by atoms with van der Waals surface area (Å²) in [5, 5.41) is 15.6. The van der Waals surface area contributed by atoms with Gasteiger partial charge < -0.3 is 24.8 Å². The minimum Gasteiger partial charge on any atom is -0.508 e. The normalized spacial score (nSPS) is 22.9. The zero-order valence-electron chi connectivity index (χ0n) is 32.5. The van der Waals surface area contributed by atoms with Crippen LogP contribution in [0.15, 0.2) is 36.9 Å². The smallest absolute Gasteiger partial charge is 0.318 e. The molecule has 7 rings (SSSR count). The van der Waals surface area contributed by atoms with E-state index < -0.39 is 23.1 Å². The molecule has 2 aliphatic heterocycles. The second-order valence-electron chi connectivity index (χ2n) is 16.8. The van der Waals surface area contributed by atoms with E-state index in [0.717, 1.165) is 49.7 Å². The molecular formula is C44H53F2N5O4. The van der Waals surface area contributed by atoms with Crippen LogP contribution in [0.1, 0.15) is 94.5 Å². The first kappa shape index (κ1) is 38.7. The van der Waals surface area contributed by atoms with Crippen molar-refractivity contribution in [3.05, 3.63) is 65.1 Å². The van der Waals surface area contributed by atoms with E-state index in [1.807, 2.05) is 13.1 Å². The van der Waals surface area contributed by atoms with Gasteiger partial charge in [0, 0.05) is 56.8 Å². The summed E-state index contributed by atoms with van der Waals surface area (Å²) >= 11 is 0. The van der Waals surface area contributed by atoms with Gasteiger partial charge in [-0.1, -0.05) is 52.2 Å². The maximum absolute atomic E-state index is 15.6. The number of benzene rings is 2. The number of carbonyl (C=O) groups excluding carboxylic acids is 1. The molecule has 0 unspecified atom stereocenters. The predicted molar refractivity (Wildman–Crippen MR) is 212 cm³/mol. The Hall–Kier alpha value is -4.53. The first-order valence-electron chi connectivity index (χ1n) is 19.6. The molecule has 2 aliphatic carbocycles. The summed E-state index contributed by atoms with van der Waals surface area (Å²) in [5.74, 6) is 2.54. The fourth-order valence-electron chi connectivity index (χ4n) is 9.58. The SMILES string of the molecule is C#Cc1c(F)ccc2cc(O)cc(C3=Cc4nc(OC[C@]5(C(C)(C)C)C[C@@H](F)CN5C5CCOCC5)nc(NCC5(N(C)C(=O)C=C)CCCC5)c4CC3)c12. The summed E-state index contributed by atoms with van der Waals surface area (Å²) < 4.78 is 42.9. The molecule has 0 spiro atoms. The lowest BCUT2D eigenvalue weighted by Gasteiger charge is -2.51. The third-order valence-corrected chi connectivity index (χ3v) is 12.8. The number of rotatable bonds is 10. The standard InChI is InChI=1S/C44H53F2N5O4/c1-7-33-36(46)14-12-29-21-32(52)23-35(39(29)33)28-11-13-34-37(22-28)48-41(49-40(34)47-26-43(17-9-10-18-43)50(6)38(53)8-2)55-27-44(42(3,4)5)24-30(45)25-51(44)31-15-19-54-20-16-31/h1,8,12,14,21-23,30-31,52H,2,9-11,13,15-20,24-27H2,3-6H3,(H,47,48,49)/t30-,44+/m1/s1. The monoisotopic (exact) mass is 753 g/mol. The van der Waals surface area contributed by atoms with E-state index in [2.05, 4.69) is 43.5 Å². The van der Waals surface area contributed by atoms with Gasteiger partial charge in [0.05, 0.1) is 22.3 Å². The van der Waals surface area contributed by atoms with E-state index in [4.69, 9.17) is 25.9 Å². The largest absolute Gasteiger partial charge is 0.508 e. The average molecular weight is 754 g/mol. The van der Waals surface area contributed by atoms with Crippen LogP contribution in [0.5, 0.6) is 11.8 Å². The average Bonchev–Trinajstić information content (AvgIpc) is 3.81. The highest BCUT2D eigenvalue weighted by atomic mass is 19.1. The van der Waals surface area contributed by atoms with Crippen LogP contribution in [-0.4, -0.2) is 94.0 Å². The van der Waals surface area contributed by atoms with Crippen LogP contribution < -0.4 is 10.1 Å². The lowest BCUT2D eigenvalue weighted by Crippen LogP contribution is -2.61. The van der Waals surface area contributed by atoms with Crippen molar-refractivity contribution in [3.63, 3.8) is 0 Å². The van der Waals surface area contributed by atoms with Gasteiger partial charge in [-0.3, -0.25) is 9.69 Å². The Kier molecular flexibility index (Phi) is 10.7. The molecule has 1 aromatic heterocycles. The van der Waals surface area contributed by atoms with Gasteiger partial charge in [-0.05, 0) is 90.8 Å². The molecule has 3 heterocycles. The van der Waals surface area contributed by atoms with Crippen LogP contribution in [0.25, 0.3) is 22.4 Å². The van der Waals surface area contributed by atoms with Crippen LogP contribution in [-0.2, 0) is 16.0 Å². The molecule has 0 bridgehead atoms. The number of nitrogens with one attached hydrogen (secondary N) is 1. The number of allylic oxidation sites excluding steroid dienone is 1. The quantitative estimate of drug-likeness (QED) is 0.161. The Balaban J connectivity index is 1.30. The molecule has 4 aliphatic rings. The van der Waals surface area contributed by atoms with Crippen molar-refractivity contribution in [3.8, 4) is 24.1 Å². The number of aromatic nitrogens is 2. The number of nitrogens with zero attached hydrogens (tertiary/aromatic N) is 4. The Morgan fingerprint density at radius 3 is 2.65 bits per heavy atom. The number of likely N-dealkylation sites (N-methyl/N-ethyl adjacent to an activating group) is 1. The maximum Gasteiger partial charge on any atom is 0.318 e. The van der Waals surface area contributed by atoms with Crippen molar-refractivity contribution < 1.29 is 28.2 Å². The van der Waals surface area contributed by atoms with E-state index in [1.165, 1.54) is 12.1 Å². The lowest BCUT2D eigenvalue weighted by atomic mass is 9.71. The van der Waals surface area contributed by atoms with Gasteiger partial charge >= 0.3 is 6.01 Å². The zero-order chi connectivity index (χ0) is 39.1. The Morgan fingerprint density at radius 2 is 1.96 bits per heavy atom. The molecule has 2 aromatic carbocycles. The number of phenolic OH excluding ortho intramolecular Hbond substituents is 1. The van der Waals surface area contributed by atoms with E-state index in [9.17, 15) is 9.90 Å². The van der Waals surface area contributed by atoms with E-state index >= 15 is 8.78 Å². The fraction of sp³-hybridized carbons (Fsp3) is 0.523. The number of alkyl halides is 1. The van der Waals surface area contributed by atoms with Gasteiger partial charge in [0.25, 0.3) is 0 Å². The highest BCUT2D eigenvalue weighted by molar-refractivity contribution is 6.02. The molecule has 2 saturated heterocycles. The Morgan fingerprint density at radius 1 is 1.22 bits per heavy atom. The van der Waals surface area contributed by atoms with Crippen molar-refractivity contribution in [2.45, 2.75) is 102 Å². The van der Waals surface area contributed by atoms with E-state index in [-0.39, 0.29) is 41.3 Å². The first-order valence-corrected chi connectivity index (χ1v) is 19.6. The van der Waals surface area contributed by atoms with Crippen molar-refractivity contribution >= 4 is 34.1 Å². The molecule has 9 nitrogen and oxygen atoms in total. The van der Waals surface area contributed by atoms with Crippen molar-refractivity contribution in [2.24, 2.45) is 5.41 Å². The molecule has 0 radical (unpaired) electrons. The van der Waals surface area contributed by atoms with Crippen LogP contribution in [0.3, 0.4) is 0 Å². The second kappa shape index (κ2) is 15.2. The number of fused-ring (bicyclic) bond motifs is 2. The molecule has 3 fully saturated rings. The lowest BCUT2D eigenvalue weighted by molar-refractivity contribution is -0.129. The number of anilines is 1. The molecule has 292 valence electrons. The summed E-state index contributed by atoms with van der Waals surface area (Å²) in [4.78, 5) is 27.0. The third kappa shape index (κ3) is 7.20. The van der Waals surface area contributed by atoms with Crippen LogP contribution in [0.2, 0.25) is 0 Å². The number of aromatic hydroxyl groups is 1. The number of phenols is 1.